The van der Waals surface area contributed by atoms with E-state index >= 15 is 0 Å². The summed E-state index contributed by atoms with van der Waals surface area (Å²) in [5.74, 6) is -2.67. The number of nitrogens with zero attached hydrogens (tertiary/aromatic N) is 3. The first-order valence-electron chi connectivity index (χ1n) is 14.0. The van der Waals surface area contributed by atoms with Crippen LogP contribution >= 0.6 is 0 Å². The van der Waals surface area contributed by atoms with Gasteiger partial charge in [-0.05, 0) is 79.6 Å². The molecule has 2 aromatic rings. The van der Waals surface area contributed by atoms with Gasteiger partial charge in [0.25, 0.3) is 5.92 Å². The first kappa shape index (κ1) is 36.6. The number of rotatable bonds is 9. The number of alkyl halides is 5. The van der Waals surface area contributed by atoms with Gasteiger partial charge in [-0.1, -0.05) is 45.0 Å². The zero-order valence-electron chi connectivity index (χ0n) is 25.6. The molecule has 0 bridgehead atoms. The molecule has 3 rings (SSSR count). The number of amidine groups is 1. The zero-order valence-corrected chi connectivity index (χ0v) is 25.6. The predicted molar refractivity (Wildman–Crippen MR) is 160 cm³/mol. The summed E-state index contributed by atoms with van der Waals surface area (Å²) < 4.78 is 63.5. The molecule has 232 valence electrons. The quantitative estimate of drug-likeness (QED) is 0.160. The van der Waals surface area contributed by atoms with Gasteiger partial charge < -0.3 is 14.6 Å². The lowest BCUT2D eigenvalue weighted by molar-refractivity contribution is -0.138. The standard InChI is InChI=1S/C19H28N4.C11H11F5.C2H4O/c1-5-23(6-2)12-11-22(4)19(20)15(3)13-16-7-8-18-17(14-16)9-10-21-18;1-3-7-4-5-8(10(2,12)13)6-9(7)11(14,15)16;1-2-3/h7-9,13-14,20H,5-6,10-12H2,1-4H3;4-6H,3H2,1-2H3;2H,1H3/b15-13+,20-19?;;. The second kappa shape index (κ2) is 16.9. The van der Waals surface area contributed by atoms with E-state index in [1.165, 1.54) is 12.1 Å². The number of aldehydes is 1. The number of likely N-dealkylation sites (N-methyl/N-ethyl adjacent to an activating group) is 2. The van der Waals surface area contributed by atoms with E-state index in [4.69, 9.17) is 10.2 Å². The van der Waals surface area contributed by atoms with Gasteiger partial charge in [0.1, 0.15) is 12.1 Å². The molecule has 2 aromatic carbocycles. The van der Waals surface area contributed by atoms with Gasteiger partial charge in [-0.25, -0.2) is 8.78 Å². The van der Waals surface area contributed by atoms with Gasteiger partial charge >= 0.3 is 6.18 Å². The van der Waals surface area contributed by atoms with Crippen LogP contribution in [-0.2, 0) is 23.3 Å². The van der Waals surface area contributed by atoms with Crippen LogP contribution < -0.4 is 10.6 Å². The van der Waals surface area contributed by atoms with Crippen LogP contribution in [0.5, 0.6) is 0 Å². The maximum absolute atomic E-state index is 12.9. The number of hydrogen-bond donors (Lipinski definition) is 1. The Morgan fingerprint density at radius 2 is 1.64 bits per heavy atom. The third-order valence-corrected chi connectivity index (χ3v) is 6.71. The van der Waals surface area contributed by atoms with Crippen molar-refractivity contribution in [3.05, 3.63) is 74.8 Å². The summed E-state index contributed by atoms with van der Waals surface area (Å²) in [5, 5.41) is 10.7. The highest BCUT2D eigenvalue weighted by atomic mass is 19.4. The highest BCUT2D eigenvalue weighted by molar-refractivity contribution is 5.99. The van der Waals surface area contributed by atoms with Gasteiger partial charge in [0.2, 0.25) is 0 Å². The molecule has 1 N–H and O–H groups in total. The first-order valence-corrected chi connectivity index (χ1v) is 14.0. The molecular weight excluding hydrogens is 551 g/mol. The molecule has 0 fully saturated rings. The van der Waals surface area contributed by atoms with Crippen molar-refractivity contribution in [1.29, 1.82) is 5.41 Å². The van der Waals surface area contributed by atoms with Crippen LogP contribution in [0.4, 0.5) is 22.0 Å². The summed E-state index contributed by atoms with van der Waals surface area (Å²) >= 11 is 0. The summed E-state index contributed by atoms with van der Waals surface area (Å²) in [6.45, 7) is 14.7. The lowest BCUT2D eigenvalue weighted by atomic mass is 9.99. The highest BCUT2D eigenvalue weighted by Crippen LogP contribution is 2.36. The summed E-state index contributed by atoms with van der Waals surface area (Å²) in [4.78, 5) is 17.6. The largest absolute Gasteiger partial charge is 0.416 e. The lowest BCUT2D eigenvalue weighted by Crippen LogP contribution is -2.36. The van der Waals surface area contributed by atoms with E-state index in [-0.39, 0.29) is 12.0 Å². The Hall–Kier alpha value is -3.40. The topological polar surface area (TPSA) is 59.8 Å². The average Bonchev–Trinajstić information content (AvgIpc) is 3.40. The SMILES string of the molecule is CC=O.CCN(CC)CCN(C)C(=N)/C(C)=C/c1ccc2c(c1)=CCN=2.CCc1ccc(C(C)(F)F)cc1C(F)(F)F. The molecule has 0 unspecified atom stereocenters. The Kier molecular flexibility index (Phi) is 14.7. The van der Waals surface area contributed by atoms with E-state index < -0.39 is 23.2 Å². The molecule has 0 saturated carbocycles. The van der Waals surface area contributed by atoms with Crippen molar-refractivity contribution in [2.45, 2.75) is 60.1 Å². The zero-order chi connectivity index (χ0) is 32.1. The van der Waals surface area contributed by atoms with E-state index in [1.807, 2.05) is 18.9 Å². The smallest absolute Gasteiger partial charge is 0.359 e. The Balaban J connectivity index is 0.000000405. The minimum atomic E-state index is -4.59. The minimum absolute atomic E-state index is 0.0282. The summed E-state index contributed by atoms with van der Waals surface area (Å²) in [7, 11) is 2.00. The van der Waals surface area contributed by atoms with Gasteiger partial charge in [0, 0.05) is 32.6 Å². The predicted octanol–water partition coefficient (Wildman–Crippen LogP) is 6.34. The number of carbonyl (C=O) groups excluding carboxylic acids is 1. The Morgan fingerprint density at radius 3 is 2.17 bits per heavy atom. The number of aryl methyl sites for hydroxylation is 1. The maximum atomic E-state index is 12.9. The van der Waals surface area contributed by atoms with Gasteiger partial charge in [-0.2, -0.15) is 13.2 Å². The third kappa shape index (κ3) is 11.5. The van der Waals surface area contributed by atoms with E-state index in [0.29, 0.717) is 18.8 Å². The van der Waals surface area contributed by atoms with Gasteiger partial charge in [0.15, 0.2) is 0 Å². The fourth-order valence-electron chi connectivity index (χ4n) is 4.20. The van der Waals surface area contributed by atoms with Crippen molar-refractivity contribution in [3.63, 3.8) is 0 Å². The lowest BCUT2D eigenvalue weighted by Gasteiger charge is -2.25. The van der Waals surface area contributed by atoms with E-state index in [0.717, 1.165) is 67.6 Å². The third-order valence-electron chi connectivity index (χ3n) is 6.71. The van der Waals surface area contributed by atoms with E-state index in [1.54, 1.807) is 6.92 Å². The van der Waals surface area contributed by atoms with Crippen molar-refractivity contribution >= 4 is 24.3 Å². The van der Waals surface area contributed by atoms with Gasteiger partial charge in [0.05, 0.1) is 17.5 Å². The molecule has 0 aliphatic carbocycles. The molecule has 0 spiro atoms. The number of halogens is 5. The second-order valence-electron chi connectivity index (χ2n) is 9.83. The molecule has 1 heterocycles. The fourth-order valence-corrected chi connectivity index (χ4v) is 4.20. The van der Waals surface area contributed by atoms with Crippen LogP contribution in [0.3, 0.4) is 0 Å². The molecular formula is C32H43F5N4O. The molecule has 42 heavy (non-hydrogen) atoms. The van der Waals surface area contributed by atoms with Crippen molar-refractivity contribution in [2.24, 2.45) is 4.99 Å². The first-order chi connectivity index (χ1) is 19.6. The maximum Gasteiger partial charge on any atom is 0.416 e. The van der Waals surface area contributed by atoms with E-state index in [9.17, 15) is 22.0 Å². The summed E-state index contributed by atoms with van der Waals surface area (Å²) in [5.41, 5.74) is 0.560. The fraction of sp³-hybridized carbons (Fsp3) is 0.469. The molecule has 1 aliphatic rings. The average molecular weight is 595 g/mol. The molecule has 0 atom stereocenters. The summed E-state index contributed by atoms with van der Waals surface area (Å²) in [6, 6.07) is 8.96. The molecule has 0 radical (unpaired) electrons. The van der Waals surface area contributed by atoms with Crippen LogP contribution in [-0.4, -0.2) is 61.7 Å². The van der Waals surface area contributed by atoms with Gasteiger partial charge in [-0.3, -0.25) is 10.4 Å². The van der Waals surface area contributed by atoms with Crippen LogP contribution in [0.25, 0.3) is 12.2 Å². The minimum Gasteiger partial charge on any atom is -0.359 e. The van der Waals surface area contributed by atoms with Crippen LogP contribution in [0.2, 0.25) is 0 Å². The van der Waals surface area contributed by atoms with E-state index in [2.05, 4.69) is 54.1 Å². The molecule has 1 aliphatic heterocycles. The summed E-state index contributed by atoms with van der Waals surface area (Å²) in [6.07, 6.45) is 0.545. The second-order valence-corrected chi connectivity index (χ2v) is 9.83. The monoisotopic (exact) mass is 594 g/mol. The van der Waals surface area contributed by atoms with Crippen LogP contribution in [0.1, 0.15) is 63.8 Å². The molecule has 10 heteroatoms. The van der Waals surface area contributed by atoms with Crippen LogP contribution in [0.15, 0.2) is 47.0 Å². The van der Waals surface area contributed by atoms with Crippen molar-refractivity contribution in [1.82, 2.24) is 9.80 Å². The number of carbonyl (C=O) groups is 1. The molecule has 5 nitrogen and oxygen atoms in total. The number of fused-ring (bicyclic) bond motifs is 1. The Morgan fingerprint density at radius 1 is 1.02 bits per heavy atom. The molecule has 0 saturated heterocycles. The number of nitrogens with one attached hydrogen (secondary N) is 1. The van der Waals surface area contributed by atoms with Crippen molar-refractivity contribution in [3.8, 4) is 0 Å². The van der Waals surface area contributed by atoms with Crippen LogP contribution in [0, 0.1) is 5.41 Å². The number of hydrogen-bond acceptors (Lipinski definition) is 4. The number of benzene rings is 2. The van der Waals surface area contributed by atoms with Crippen molar-refractivity contribution in [2.75, 3.05) is 39.8 Å². The van der Waals surface area contributed by atoms with Gasteiger partial charge in [-0.15, -0.1) is 0 Å². The molecule has 0 amide bonds. The Labute approximate surface area is 246 Å². The molecule has 0 aromatic heterocycles. The van der Waals surface area contributed by atoms with Crippen molar-refractivity contribution < 1.29 is 26.7 Å². The highest BCUT2D eigenvalue weighted by Gasteiger charge is 2.35. The normalized spacial score (nSPS) is 12.6. The Bertz CT molecular complexity index is 1330.